The molecule has 1 aliphatic carbocycles. The second-order valence-electron chi connectivity index (χ2n) is 6.22. The fourth-order valence-corrected chi connectivity index (χ4v) is 3.17. The lowest BCUT2D eigenvalue weighted by atomic mass is 9.85. The predicted molar refractivity (Wildman–Crippen MR) is 89.3 cm³/mol. The van der Waals surface area contributed by atoms with Crippen molar-refractivity contribution in [3.63, 3.8) is 0 Å². The summed E-state index contributed by atoms with van der Waals surface area (Å²) in [5.74, 6) is -1.56. The van der Waals surface area contributed by atoms with Gasteiger partial charge in [-0.1, -0.05) is 18.2 Å². The average Bonchev–Trinajstić information content (AvgIpc) is 2.63. The van der Waals surface area contributed by atoms with Crippen LogP contribution in [0.15, 0.2) is 46.1 Å². The molecule has 8 nitrogen and oxygen atoms in total. The highest BCUT2D eigenvalue weighted by atomic mass is 19.1. The Morgan fingerprint density at radius 2 is 1.85 bits per heavy atom. The Balaban J connectivity index is 1.76. The van der Waals surface area contributed by atoms with E-state index in [1.54, 1.807) is 30.3 Å². The summed E-state index contributed by atoms with van der Waals surface area (Å²) in [7, 11) is 0. The SMILES string of the molecule is O=C(N[C@@H]1CC[C@@H](n2cc(F)c(=O)[nH]c2=O)[C@@H](O)[C@@H]1O)c1ccccc1. The zero-order valence-electron chi connectivity index (χ0n) is 13.6. The maximum absolute atomic E-state index is 13.5. The van der Waals surface area contributed by atoms with Crippen LogP contribution in [0.25, 0.3) is 0 Å². The van der Waals surface area contributed by atoms with Crippen molar-refractivity contribution in [1.29, 1.82) is 0 Å². The molecule has 1 amide bonds. The maximum atomic E-state index is 13.5. The molecular weight excluding hydrogens is 345 g/mol. The van der Waals surface area contributed by atoms with Gasteiger partial charge in [0.2, 0.25) is 5.82 Å². The van der Waals surface area contributed by atoms with Crippen molar-refractivity contribution in [2.45, 2.75) is 37.1 Å². The molecule has 4 N–H and O–H groups in total. The van der Waals surface area contributed by atoms with Crippen LogP contribution in [0.5, 0.6) is 0 Å². The third-order valence-corrected chi connectivity index (χ3v) is 4.56. The molecule has 9 heteroatoms. The van der Waals surface area contributed by atoms with Crippen molar-refractivity contribution < 1.29 is 19.4 Å². The number of aliphatic hydroxyl groups is 2. The Hall–Kier alpha value is -2.78. The third kappa shape index (κ3) is 3.44. The van der Waals surface area contributed by atoms with E-state index in [0.29, 0.717) is 11.8 Å². The van der Waals surface area contributed by atoms with Crippen molar-refractivity contribution in [3.8, 4) is 0 Å². The minimum absolute atomic E-state index is 0.198. The number of hydrogen-bond donors (Lipinski definition) is 4. The molecule has 3 rings (SSSR count). The maximum Gasteiger partial charge on any atom is 0.328 e. The second kappa shape index (κ2) is 7.22. The lowest BCUT2D eigenvalue weighted by Gasteiger charge is -2.38. The number of rotatable bonds is 3. The van der Waals surface area contributed by atoms with E-state index in [-0.39, 0.29) is 12.8 Å². The van der Waals surface area contributed by atoms with Gasteiger partial charge in [-0.05, 0) is 25.0 Å². The summed E-state index contributed by atoms with van der Waals surface area (Å²) in [4.78, 5) is 37.0. The van der Waals surface area contributed by atoms with E-state index in [9.17, 15) is 29.0 Å². The number of H-pyrrole nitrogens is 1. The van der Waals surface area contributed by atoms with Gasteiger partial charge < -0.3 is 15.5 Å². The topological polar surface area (TPSA) is 124 Å². The number of nitrogens with one attached hydrogen (secondary N) is 2. The van der Waals surface area contributed by atoms with E-state index in [1.807, 2.05) is 4.98 Å². The summed E-state index contributed by atoms with van der Waals surface area (Å²) < 4.78 is 14.3. The number of aliphatic hydroxyl groups excluding tert-OH is 2. The zero-order chi connectivity index (χ0) is 18.8. The fourth-order valence-electron chi connectivity index (χ4n) is 3.17. The molecule has 1 heterocycles. The van der Waals surface area contributed by atoms with Crippen LogP contribution in [-0.2, 0) is 0 Å². The van der Waals surface area contributed by atoms with Gasteiger partial charge in [0.25, 0.3) is 11.5 Å². The van der Waals surface area contributed by atoms with E-state index < -0.39 is 47.3 Å². The van der Waals surface area contributed by atoms with E-state index in [4.69, 9.17) is 0 Å². The highest BCUT2D eigenvalue weighted by molar-refractivity contribution is 5.94. The number of amides is 1. The Morgan fingerprint density at radius 3 is 2.54 bits per heavy atom. The highest BCUT2D eigenvalue weighted by Crippen LogP contribution is 2.28. The smallest absolute Gasteiger partial charge is 0.328 e. The van der Waals surface area contributed by atoms with Crippen LogP contribution in [0.3, 0.4) is 0 Å². The lowest BCUT2D eigenvalue weighted by molar-refractivity contribution is -0.0572. The van der Waals surface area contributed by atoms with Gasteiger partial charge in [0.1, 0.15) is 12.2 Å². The molecule has 0 unspecified atom stereocenters. The number of aromatic amines is 1. The van der Waals surface area contributed by atoms with Crippen molar-refractivity contribution in [3.05, 3.63) is 68.7 Å². The predicted octanol–water partition coefficient (Wildman–Crippen LogP) is -0.469. The number of hydrogen-bond acceptors (Lipinski definition) is 5. The van der Waals surface area contributed by atoms with Gasteiger partial charge in [-0.15, -0.1) is 0 Å². The Kier molecular flexibility index (Phi) is 5.01. The number of aromatic nitrogens is 2. The largest absolute Gasteiger partial charge is 0.388 e. The van der Waals surface area contributed by atoms with Crippen LogP contribution >= 0.6 is 0 Å². The van der Waals surface area contributed by atoms with Crippen LogP contribution in [0.1, 0.15) is 29.2 Å². The fraction of sp³-hybridized carbons (Fsp3) is 0.353. The Labute approximate surface area is 146 Å². The molecular formula is C17H18FN3O5. The molecule has 1 aromatic heterocycles. The van der Waals surface area contributed by atoms with Crippen molar-refractivity contribution in [2.24, 2.45) is 0 Å². The van der Waals surface area contributed by atoms with Crippen LogP contribution < -0.4 is 16.6 Å². The second-order valence-corrected chi connectivity index (χ2v) is 6.22. The van der Waals surface area contributed by atoms with Gasteiger partial charge >= 0.3 is 5.69 Å². The van der Waals surface area contributed by atoms with Gasteiger partial charge in [0.15, 0.2) is 0 Å². The number of nitrogens with zero attached hydrogens (tertiary/aromatic N) is 1. The van der Waals surface area contributed by atoms with Gasteiger partial charge in [-0.3, -0.25) is 19.1 Å². The Morgan fingerprint density at radius 1 is 1.15 bits per heavy atom. The van der Waals surface area contributed by atoms with Gasteiger partial charge in [0, 0.05) is 5.56 Å². The summed E-state index contributed by atoms with van der Waals surface area (Å²) in [6.07, 6.45) is -1.61. The third-order valence-electron chi connectivity index (χ3n) is 4.56. The van der Waals surface area contributed by atoms with Gasteiger partial charge in [0.05, 0.1) is 18.3 Å². The Bertz CT molecular complexity index is 911. The minimum Gasteiger partial charge on any atom is -0.388 e. The number of halogens is 1. The zero-order valence-corrected chi connectivity index (χ0v) is 13.6. The van der Waals surface area contributed by atoms with Crippen LogP contribution in [0.2, 0.25) is 0 Å². The molecule has 0 radical (unpaired) electrons. The van der Waals surface area contributed by atoms with E-state index >= 15 is 0 Å². The standard InChI is InChI=1S/C17H18FN3O5/c18-10-8-21(17(26)20-16(10)25)12-7-6-11(13(22)14(12)23)19-15(24)9-4-2-1-3-5-9/h1-5,8,11-14,22-23H,6-7H2,(H,19,24)(H,20,25,26)/t11-,12-,13-,14-/m1/s1. The first kappa shape index (κ1) is 18.0. The summed E-state index contributed by atoms with van der Waals surface area (Å²) in [6.45, 7) is 0. The molecule has 0 saturated heterocycles. The van der Waals surface area contributed by atoms with Crippen LogP contribution in [0, 0.1) is 5.82 Å². The van der Waals surface area contributed by atoms with E-state index in [1.165, 1.54) is 0 Å². The molecule has 1 aromatic carbocycles. The molecule has 4 atom stereocenters. The highest BCUT2D eigenvalue weighted by Gasteiger charge is 2.39. The minimum atomic E-state index is -1.42. The molecule has 138 valence electrons. The van der Waals surface area contributed by atoms with Crippen molar-refractivity contribution in [2.75, 3.05) is 0 Å². The monoisotopic (exact) mass is 363 g/mol. The first-order chi connectivity index (χ1) is 12.4. The number of benzene rings is 1. The quantitative estimate of drug-likeness (QED) is 0.587. The van der Waals surface area contributed by atoms with Crippen LogP contribution in [-0.4, -0.2) is 43.9 Å². The molecule has 1 fully saturated rings. The number of carbonyl (C=O) groups excluding carboxylic acids is 1. The molecule has 2 aromatic rings. The number of carbonyl (C=O) groups is 1. The van der Waals surface area contributed by atoms with Gasteiger partial charge in [-0.2, -0.15) is 4.39 Å². The summed E-state index contributed by atoms with van der Waals surface area (Å²) in [6, 6.07) is 6.76. The molecule has 1 saturated carbocycles. The summed E-state index contributed by atoms with van der Waals surface area (Å²) in [5, 5.41) is 23.3. The first-order valence-corrected chi connectivity index (χ1v) is 8.11. The lowest BCUT2D eigenvalue weighted by Crippen LogP contribution is -2.55. The molecule has 1 aliphatic rings. The van der Waals surface area contributed by atoms with Crippen molar-refractivity contribution in [1.82, 2.24) is 14.9 Å². The van der Waals surface area contributed by atoms with Crippen molar-refractivity contribution >= 4 is 5.91 Å². The van der Waals surface area contributed by atoms with Crippen LogP contribution in [0.4, 0.5) is 4.39 Å². The summed E-state index contributed by atoms with van der Waals surface area (Å²) in [5.41, 5.74) is -1.61. The van der Waals surface area contributed by atoms with Gasteiger partial charge in [-0.25, -0.2) is 4.79 Å². The molecule has 0 spiro atoms. The molecule has 0 bridgehead atoms. The normalized spacial score (nSPS) is 25.7. The summed E-state index contributed by atoms with van der Waals surface area (Å²) >= 11 is 0. The van der Waals surface area contributed by atoms with E-state index in [2.05, 4.69) is 5.32 Å². The average molecular weight is 363 g/mol. The van der Waals surface area contributed by atoms with E-state index in [0.717, 1.165) is 4.57 Å². The molecule has 0 aliphatic heterocycles. The first-order valence-electron chi connectivity index (χ1n) is 8.11. The molecule has 26 heavy (non-hydrogen) atoms.